The molecule has 1 N–H and O–H groups in total. The number of esters is 1. The van der Waals surface area contributed by atoms with Crippen LogP contribution in [0, 0.1) is 0 Å². The maximum Gasteiger partial charge on any atom is 0.354 e. The molecule has 0 aromatic carbocycles. The van der Waals surface area contributed by atoms with Crippen LogP contribution >= 0.6 is 0 Å². The largest absolute Gasteiger partial charge is 0.461 e. The number of hydrogen-bond donors (Lipinski definition) is 1. The first-order chi connectivity index (χ1) is 6.31. The number of carbonyl (C=O) groups excluding carboxylic acids is 1. The SMILES string of the molecule is CCOC(=O)c1cc(C2CC2)c[nH]1. The van der Waals surface area contributed by atoms with Crippen LogP contribution in [-0.4, -0.2) is 17.6 Å². The molecule has 0 bridgehead atoms. The average Bonchev–Trinajstić information content (AvgIpc) is 2.84. The van der Waals surface area contributed by atoms with Crippen LogP contribution in [0.5, 0.6) is 0 Å². The van der Waals surface area contributed by atoms with Gasteiger partial charge in [0, 0.05) is 6.20 Å². The van der Waals surface area contributed by atoms with E-state index in [4.69, 9.17) is 4.74 Å². The smallest absolute Gasteiger partial charge is 0.354 e. The van der Waals surface area contributed by atoms with Crippen molar-refractivity contribution in [2.75, 3.05) is 6.61 Å². The monoisotopic (exact) mass is 179 g/mol. The van der Waals surface area contributed by atoms with Gasteiger partial charge in [0.1, 0.15) is 5.69 Å². The molecule has 70 valence electrons. The summed E-state index contributed by atoms with van der Waals surface area (Å²) in [4.78, 5) is 14.2. The highest BCUT2D eigenvalue weighted by Gasteiger charge is 2.25. The van der Waals surface area contributed by atoms with Gasteiger partial charge in [-0.1, -0.05) is 0 Å². The maximum atomic E-state index is 11.2. The zero-order valence-corrected chi connectivity index (χ0v) is 7.67. The molecule has 0 amide bonds. The molecule has 0 aliphatic heterocycles. The molecule has 13 heavy (non-hydrogen) atoms. The van der Waals surface area contributed by atoms with Crippen molar-refractivity contribution in [1.82, 2.24) is 4.98 Å². The number of hydrogen-bond acceptors (Lipinski definition) is 2. The Morgan fingerprint density at radius 1 is 1.69 bits per heavy atom. The van der Waals surface area contributed by atoms with E-state index >= 15 is 0 Å². The third-order valence-corrected chi connectivity index (χ3v) is 2.25. The van der Waals surface area contributed by atoms with Crippen molar-refractivity contribution >= 4 is 5.97 Å². The third kappa shape index (κ3) is 1.74. The van der Waals surface area contributed by atoms with Gasteiger partial charge in [-0.3, -0.25) is 0 Å². The number of carbonyl (C=O) groups is 1. The molecular weight excluding hydrogens is 166 g/mol. The van der Waals surface area contributed by atoms with Crippen molar-refractivity contribution < 1.29 is 9.53 Å². The van der Waals surface area contributed by atoms with Crippen LogP contribution in [0.2, 0.25) is 0 Å². The van der Waals surface area contributed by atoms with Crippen LogP contribution in [0.3, 0.4) is 0 Å². The van der Waals surface area contributed by atoms with Crippen molar-refractivity contribution in [2.24, 2.45) is 0 Å². The summed E-state index contributed by atoms with van der Waals surface area (Å²) in [6, 6.07) is 1.90. The summed E-state index contributed by atoms with van der Waals surface area (Å²) < 4.78 is 4.87. The molecule has 1 heterocycles. The lowest BCUT2D eigenvalue weighted by Crippen LogP contribution is -2.04. The second-order valence-corrected chi connectivity index (χ2v) is 3.34. The van der Waals surface area contributed by atoms with E-state index in [-0.39, 0.29) is 5.97 Å². The van der Waals surface area contributed by atoms with Crippen molar-refractivity contribution in [2.45, 2.75) is 25.7 Å². The molecule has 1 saturated carbocycles. The Labute approximate surface area is 77.1 Å². The molecule has 1 aliphatic rings. The van der Waals surface area contributed by atoms with Crippen molar-refractivity contribution in [3.63, 3.8) is 0 Å². The summed E-state index contributed by atoms with van der Waals surface area (Å²) in [5.41, 5.74) is 1.81. The normalized spacial score (nSPS) is 15.8. The Bertz CT molecular complexity index is 312. The standard InChI is InChI=1S/C10H13NO2/c1-2-13-10(12)9-5-8(6-11-9)7-3-4-7/h5-7,11H,2-4H2,1H3. The quantitative estimate of drug-likeness (QED) is 0.722. The fraction of sp³-hybridized carbons (Fsp3) is 0.500. The van der Waals surface area contributed by atoms with Gasteiger partial charge in [-0.15, -0.1) is 0 Å². The summed E-state index contributed by atoms with van der Waals surface area (Å²) in [7, 11) is 0. The summed E-state index contributed by atoms with van der Waals surface area (Å²) in [5.74, 6) is 0.425. The van der Waals surface area contributed by atoms with E-state index < -0.39 is 0 Å². The lowest BCUT2D eigenvalue weighted by molar-refractivity contribution is 0.0520. The molecule has 2 rings (SSSR count). The molecule has 0 saturated heterocycles. The van der Waals surface area contributed by atoms with Crippen LogP contribution in [0.1, 0.15) is 41.7 Å². The molecule has 0 spiro atoms. The average molecular weight is 179 g/mol. The third-order valence-electron chi connectivity index (χ3n) is 2.25. The summed E-state index contributed by atoms with van der Waals surface area (Å²) in [6.07, 6.45) is 4.41. The molecule has 3 nitrogen and oxygen atoms in total. The Balaban J connectivity index is 2.07. The van der Waals surface area contributed by atoms with Crippen LogP contribution in [0.15, 0.2) is 12.3 Å². The van der Waals surface area contributed by atoms with Crippen LogP contribution in [0.25, 0.3) is 0 Å². The number of aromatic nitrogens is 1. The molecule has 1 aliphatic carbocycles. The van der Waals surface area contributed by atoms with Gasteiger partial charge in [0.25, 0.3) is 0 Å². The lowest BCUT2D eigenvalue weighted by atomic mass is 10.2. The number of nitrogens with one attached hydrogen (secondary N) is 1. The minimum Gasteiger partial charge on any atom is -0.461 e. The molecule has 0 unspecified atom stereocenters. The van der Waals surface area contributed by atoms with Crippen molar-refractivity contribution in [1.29, 1.82) is 0 Å². The molecule has 1 aromatic heterocycles. The van der Waals surface area contributed by atoms with Gasteiger partial charge in [0.05, 0.1) is 6.61 Å². The summed E-state index contributed by atoms with van der Waals surface area (Å²) >= 11 is 0. The minimum atomic E-state index is -0.255. The van der Waals surface area contributed by atoms with Gasteiger partial charge in [-0.05, 0) is 37.3 Å². The molecule has 1 aromatic rings. The highest BCUT2D eigenvalue weighted by molar-refractivity contribution is 5.87. The van der Waals surface area contributed by atoms with E-state index in [0.29, 0.717) is 18.2 Å². The Morgan fingerprint density at radius 2 is 2.46 bits per heavy atom. The van der Waals surface area contributed by atoms with Gasteiger partial charge in [0.2, 0.25) is 0 Å². The highest BCUT2D eigenvalue weighted by Crippen LogP contribution is 2.40. The highest BCUT2D eigenvalue weighted by atomic mass is 16.5. The fourth-order valence-corrected chi connectivity index (χ4v) is 1.39. The first kappa shape index (κ1) is 8.35. The number of H-pyrrole nitrogens is 1. The van der Waals surface area contributed by atoms with Gasteiger partial charge in [-0.2, -0.15) is 0 Å². The van der Waals surface area contributed by atoms with Gasteiger partial charge < -0.3 is 9.72 Å². The first-order valence-corrected chi connectivity index (χ1v) is 4.66. The van der Waals surface area contributed by atoms with Crippen LogP contribution in [-0.2, 0) is 4.74 Å². The predicted octanol–water partition coefficient (Wildman–Crippen LogP) is 2.07. The number of rotatable bonds is 3. The zero-order valence-electron chi connectivity index (χ0n) is 7.67. The Kier molecular flexibility index (Phi) is 2.08. The Hall–Kier alpha value is -1.25. The topological polar surface area (TPSA) is 42.1 Å². The molecule has 0 radical (unpaired) electrons. The maximum absolute atomic E-state index is 11.2. The van der Waals surface area contributed by atoms with E-state index in [1.165, 1.54) is 18.4 Å². The van der Waals surface area contributed by atoms with E-state index in [2.05, 4.69) is 4.98 Å². The minimum absolute atomic E-state index is 0.255. The number of ether oxygens (including phenoxy) is 1. The molecule has 1 fully saturated rings. The fourth-order valence-electron chi connectivity index (χ4n) is 1.39. The second kappa shape index (κ2) is 3.24. The van der Waals surface area contributed by atoms with Crippen LogP contribution in [0.4, 0.5) is 0 Å². The van der Waals surface area contributed by atoms with Gasteiger partial charge in [0.15, 0.2) is 0 Å². The van der Waals surface area contributed by atoms with E-state index in [1.54, 1.807) is 0 Å². The Morgan fingerprint density at radius 3 is 3.08 bits per heavy atom. The molecule has 3 heteroatoms. The summed E-state index contributed by atoms with van der Waals surface area (Å²) in [6.45, 7) is 2.24. The lowest BCUT2D eigenvalue weighted by Gasteiger charge is -1.96. The van der Waals surface area contributed by atoms with Crippen molar-refractivity contribution in [3.05, 3.63) is 23.5 Å². The van der Waals surface area contributed by atoms with Crippen LogP contribution < -0.4 is 0 Å². The van der Waals surface area contributed by atoms with E-state index in [0.717, 1.165) is 0 Å². The van der Waals surface area contributed by atoms with E-state index in [1.807, 2.05) is 19.2 Å². The zero-order chi connectivity index (χ0) is 9.26. The van der Waals surface area contributed by atoms with Gasteiger partial charge >= 0.3 is 5.97 Å². The predicted molar refractivity (Wildman–Crippen MR) is 48.7 cm³/mol. The molecular formula is C10H13NO2. The van der Waals surface area contributed by atoms with E-state index in [9.17, 15) is 4.79 Å². The summed E-state index contributed by atoms with van der Waals surface area (Å²) in [5, 5.41) is 0. The number of aromatic amines is 1. The first-order valence-electron chi connectivity index (χ1n) is 4.66. The second-order valence-electron chi connectivity index (χ2n) is 3.34. The molecule has 0 atom stereocenters. The van der Waals surface area contributed by atoms with Crippen molar-refractivity contribution in [3.8, 4) is 0 Å². The van der Waals surface area contributed by atoms with Gasteiger partial charge in [-0.25, -0.2) is 4.79 Å².